The molecule has 0 aliphatic rings. The first-order chi connectivity index (χ1) is 12.3. The van der Waals surface area contributed by atoms with Crippen LogP contribution < -0.4 is 15.0 Å². The number of thiazole rings is 1. The number of nitrogens with zero attached hydrogens (tertiary/aromatic N) is 3. The van der Waals surface area contributed by atoms with Crippen molar-refractivity contribution in [1.82, 2.24) is 15.2 Å². The lowest BCUT2D eigenvalue weighted by atomic mass is 10.1. The van der Waals surface area contributed by atoms with E-state index in [0.29, 0.717) is 28.4 Å². The Bertz CT molecular complexity index is 806. The number of alkyl halides is 3. The number of amides is 2. The van der Waals surface area contributed by atoms with Gasteiger partial charge < -0.3 is 15.0 Å². The summed E-state index contributed by atoms with van der Waals surface area (Å²) in [4.78, 5) is 20.5. The molecule has 0 spiro atoms. The minimum Gasteiger partial charge on any atom is -0.406 e. The fourth-order valence-corrected chi connectivity index (χ4v) is 3.20. The highest BCUT2D eigenvalue weighted by atomic mass is 35.5. The Morgan fingerprint density at radius 1 is 1.21 bits per heavy atom. The van der Waals surface area contributed by atoms with Crippen LogP contribution in [0, 0.1) is 0 Å². The second-order valence-corrected chi connectivity index (χ2v) is 8.32. The second-order valence-electron chi connectivity index (χ2n) is 7.31. The van der Waals surface area contributed by atoms with Gasteiger partial charge >= 0.3 is 12.4 Å². The van der Waals surface area contributed by atoms with E-state index in [-0.39, 0.29) is 24.2 Å². The Labute approximate surface area is 172 Å². The number of fused-ring (bicyclic) bond motifs is 1. The van der Waals surface area contributed by atoms with Crippen molar-refractivity contribution in [2.45, 2.75) is 32.7 Å². The summed E-state index contributed by atoms with van der Waals surface area (Å²) in [6.07, 6.45) is -4.76. The number of halogens is 4. The highest BCUT2D eigenvalue weighted by Gasteiger charge is 2.31. The van der Waals surface area contributed by atoms with Crippen LogP contribution >= 0.6 is 23.7 Å². The molecule has 1 N–H and O–H groups in total. The Morgan fingerprint density at radius 2 is 1.86 bits per heavy atom. The number of urea groups is 1. The van der Waals surface area contributed by atoms with Gasteiger partial charge in [0.05, 0.1) is 10.2 Å². The Balaban J connectivity index is 0.00000392. The molecule has 2 rings (SSSR count). The van der Waals surface area contributed by atoms with Crippen LogP contribution in [0.3, 0.4) is 0 Å². The molecule has 1 aromatic carbocycles. The topological polar surface area (TPSA) is 57.7 Å². The van der Waals surface area contributed by atoms with Gasteiger partial charge in [0.2, 0.25) is 0 Å². The fraction of sp³-hybridized carbons (Fsp3) is 0.529. The number of hydrogen-bond acceptors (Lipinski definition) is 5. The first-order valence-corrected chi connectivity index (χ1v) is 9.06. The Morgan fingerprint density at radius 3 is 2.39 bits per heavy atom. The monoisotopic (exact) mass is 440 g/mol. The van der Waals surface area contributed by atoms with Crippen molar-refractivity contribution < 1.29 is 22.7 Å². The lowest BCUT2D eigenvalue weighted by molar-refractivity contribution is -0.274. The van der Waals surface area contributed by atoms with Gasteiger partial charge in [-0.25, -0.2) is 9.78 Å². The maximum Gasteiger partial charge on any atom is 0.573 e. The third-order valence-corrected chi connectivity index (χ3v) is 4.35. The zero-order valence-electron chi connectivity index (χ0n) is 16.3. The highest BCUT2D eigenvalue weighted by Crippen LogP contribution is 2.33. The largest absolute Gasteiger partial charge is 0.573 e. The third-order valence-electron chi connectivity index (χ3n) is 3.31. The minimum atomic E-state index is -4.76. The molecule has 0 saturated heterocycles. The summed E-state index contributed by atoms with van der Waals surface area (Å²) in [5.74, 6) is -0.316. The summed E-state index contributed by atoms with van der Waals surface area (Å²) in [5.41, 5.74) is 0.0700. The lowest BCUT2D eigenvalue weighted by Gasteiger charge is -2.27. The molecule has 0 fully saturated rings. The van der Waals surface area contributed by atoms with Crippen molar-refractivity contribution in [3.8, 4) is 5.75 Å². The molecule has 28 heavy (non-hydrogen) atoms. The molecule has 0 aliphatic carbocycles. The molecule has 2 amide bonds. The van der Waals surface area contributed by atoms with Crippen LogP contribution in [0.4, 0.5) is 23.1 Å². The van der Waals surface area contributed by atoms with E-state index < -0.39 is 11.9 Å². The second kappa shape index (κ2) is 9.15. The van der Waals surface area contributed by atoms with Crippen molar-refractivity contribution >= 4 is 45.1 Å². The molecule has 2 aromatic rings. The summed E-state index contributed by atoms with van der Waals surface area (Å²) in [7, 11) is 3.78. The van der Waals surface area contributed by atoms with Gasteiger partial charge in [-0.1, -0.05) is 11.3 Å². The maximum absolute atomic E-state index is 12.7. The molecular formula is C17H24ClF3N4O2S. The number of carbonyl (C=O) groups excluding carboxylic acids is 1. The van der Waals surface area contributed by atoms with Crippen LogP contribution in [0.15, 0.2) is 18.2 Å². The van der Waals surface area contributed by atoms with Crippen LogP contribution in [-0.2, 0) is 0 Å². The zero-order chi connectivity index (χ0) is 20.4. The smallest absolute Gasteiger partial charge is 0.406 e. The summed E-state index contributed by atoms with van der Waals surface area (Å²) in [5, 5.41) is 3.30. The number of ether oxygens (including phenoxy) is 1. The summed E-state index contributed by atoms with van der Waals surface area (Å²) >= 11 is 1.14. The number of carbonyl (C=O) groups is 1. The molecule has 1 heterocycles. The molecule has 1 aromatic heterocycles. The Hall–Kier alpha value is -1.78. The molecule has 0 unspecified atom stereocenters. The number of likely N-dealkylation sites (N-methyl/N-ethyl adjacent to an activating group) is 1. The van der Waals surface area contributed by atoms with Crippen molar-refractivity contribution in [1.29, 1.82) is 0 Å². The molecule has 0 atom stereocenters. The molecule has 0 radical (unpaired) electrons. The number of anilines is 1. The van der Waals surface area contributed by atoms with E-state index in [1.165, 1.54) is 23.1 Å². The standard InChI is InChI=1S/C17H23F3N4O2S.ClH/c1-16(2,3)22-14(25)24(9-8-23(4)5)15-21-12-7-6-11(10-13(12)27-15)26-17(18,19)20;/h6-7,10H,8-9H2,1-5H3,(H,22,25);1H. The molecular weight excluding hydrogens is 417 g/mol. The van der Waals surface area contributed by atoms with Gasteiger partial charge in [0.1, 0.15) is 5.75 Å². The van der Waals surface area contributed by atoms with Gasteiger partial charge in [0, 0.05) is 24.7 Å². The number of rotatable bonds is 5. The first-order valence-electron chi connectivity index (χ1n) is 8.25. The SMILES string of the molecule is CN(C)CCN(C(=O)NC(C)(C)C)c1nc2ccc(OC(F)(F)F)cc2s1.Cl. The average molecular weight is 441 g/mol. The predicted molar refractivity (Wildman–Crippen MR) is 108 cm³/mol. The summed E-state index contributed by atoms with van der Waals surface area (Å²) in [6, 6.07) is 3.62. The van der Waals surface area contributed by atoms with Crippen molar-refractivity contribution in [3.05, 3.63) is 18.2 Å². The van der Waals surface area contributed by atoms with Crippen LogP contribution in [0.5, 0.6) is 5.75 Å². The van der Waals surface area contributed by atoms with E-state index in [4.69, 9.17) is 0 Å². The number of benzene rings is 1. The molecule has 0 saturated carbocycles. The molecule has 0 aliphatic heterocycles. The van der Waals surface area contributed by atoms with E-state index >= 15 is 0 Å². The highest BCUT2D eigenvalue weighted by molar-refractivity contribution is 7.22. The number of aromatic nitrogens is 1. The Kier molecular flexibility index (Phi) is 7.92. The van der Waals surface area contributed by atoms with Gasteiger partial charge in [-0.2, -0.15) is 0 Å². The minimum absolute atomic E-state index is 0. The molecule has 158 valence electrons. The molecule has 6 nitrogen and oxygen atoms in total. The van der Waals surface area contributed by atoms with Gasteiger partial charge in [-0.05, 0) is 47.0 Å². The van der Waals surface area contributed by atoms with Crippen LogP contribution in [0.2, 0.25) is 0 Å². The predicted octanol–water partition coefficient (Wildman–Crippen LogP) is 4.49. The van der Waals surface area contributed by atoms with Crippen molar-refractivity contribution in [2.75, 3.05) is 32.1 Å². The van der Waals surface area contributed by atoms with Crippen LogP contribution in [-0.4, -0.2) is 55.0 Å². The first kappa shape index (κ1) is 24.3. The summed E-state index contributed by atoms with van der Waals surface area (Å²) < 4.78 is 41.7. The molecule has 0 bridgehead atoms. The lowest BCUT2D eigenvalue weighted by Crippen LogP contribution is -2.50. The molecule has 11 heteroatoms. The van der Waals surface area contributed by atoms with Gasteiger partial charge in [0.25, 0.3) is 0 Å². The average Bonchev–Trinajstić information content (AvgIpc) is 2.86. The van der Waals surface area contributed by atoms with Gasteiger partial charge in [-0.15, -0.1) is 25.6 Å². The quantitative estimate of drug-likeness (QED) is 0.744. The van der Waals surface area contributed by atoms with E-state index in [1.807, 2.05) is 39.8 Å². The van der Waals surface area contributed by atoms with E-state index in [0.717, 1.165) is 11.3 Å². The van der Waals surface area contributed by atoms with Gasteiger partial charge in [0.15, 0.2) is 5.13 Å². The van der Waals surface area contributed by atoms with Crippen LogP contribution in [0.1, 0.15) is 20.8 Å². The number of nitrogens with one attached hydrogen (secondary N) is 1. The fourth-order valence-electron chi connectivity index (χ4n) is 2.18. The third kappa shape index (κ3) is 7.33. The van der Waals surface area contributed by atoms with Crippen molar-refractivity contribution in [2.24, 2.45) is 0 Å². The van der Waals surface area contributed by atoms with Gasteiger partial charge in [-0.3, -0.25) is 4.90 Å². The van der Waals surface area contributed by atoms with Crippen LogP contribution in [0.25, 0.3) is 10.2 Å². The maximum atomic E-state index is 12.7. The van der Waals surface area contributed by atoms with E-state index in [2.05, 4.69) is 15.0 Å². The normalized spacial score (nSPS) is 12.0. The van der Waals surface area contributed by atoms with E-state index in [1.54, 1.807) is 0 Å². The zero-order valence-corrected chi connectivity index (χ0v) is 17.9. The van der Waals surface area contributed by atoms with E-state index in [9.17, 15) is 18.0 Å². The summed E-state index contributed by atoms with van der Waals surface area (Å²) in [6.45, 7) is 6.60. The number of hydrogen-bond donors (Lipinski definition) is 1. The van der Waals surface area contributed by atoms with Crippen molar-refractivity contribution in [3.63, 3.8) is 0 Å².